The molecule has 2 aromatic carbocycles. The summed E-state index contributed by atoms with van der Waals surface area (Å²) in [5.74, 6) is 3.41. The Labute approximate surface area is 270 Å². The molecule has 45 heavy (non-hydrogen) atoms. The van der Waals surface area contributed by atoms with Crippen LogP contribution in [0.2, 0.25) is 0 Å². The summed E-state index contributed by atoms with van der Waals surface area (Å²) in [4.78, 5) is 4.35. The van der Waals surface area contributed by atoms with Crippen molar-refractivity contribution in [2.45, 2.75) is 105 Å². The molecule has 0 fully saturated rings. The number of benzene rings is 2. The maximum atomic E-state index is 14.7. The highest BCUT2D eigenvalue weighted by atomic mass is 19.3. The third-order valence-corrected chi connectivity index (χ3v) is 7.55. The molecule has 0 atom stereocenters. The standard InChI is InChI=1S/C40H51F2N3/c1-30(2)17-14-12-10-8-9-11-13-15-19-35-24-25-38(28-39(35)40(7,41)42)45-34(6)37-23-21-32(4)36(27-37)22-20-31(3)29-44-33(5)18-16-26-43/h16,18,21,23-29,43,45H,1,6,8-15,17,19H2,2-5,7H3/b18-16-,31-29+,43-26?,44-33+. The van der Waals surface area contributed by atoms with Crippen LogP contribution in [0.5, 0.6) is 0 Å². The molecular formula is C40H51F2N3. The number of nitrogens with one attached hydrogen (secondary N) is 2. The Morgan fingerprint density at radius 3 is 2.27 bits per heavy atom. The van der Waals surface area contributed by atoms with E-state index in [1.54, 1.807) is 24.4 Å². The number of hydrogen-bond donors (Lipinski definition) is 2. The van der Waals surface area contributed by atoms with Crippen LogP contribution in [0.1, 0.15) is 113 Å². The molecule has 2 N–H and O–H groups in total. The quantitative estimate of drug-likeness (QED) is 0.0749. The van der Waals surface area contributed by atoms with Crippen LogP contribution in [0.25, 0.3) is 5.70 Å². The average Bonchev–Trinajstić information content (AvgIpc) is 2.99. The molecule has 0 saturated carbocycles. The molecule has 0 spiro atoms. The number of aryl methyl sites for hydroxylation is 2. The molecule has 5 heteroatoms. The van der Waals surface area contributed by atoms with Gasteiger partial charge in [0.25, 0.3) is 5.92 Å². The van der Waals surface area contributed by atoms with Crippen molar-refractivity contribution >= 4 is 23.3 Å². The molecule has 3 nitrogen and oxygen atoms in total. The second-order valence-corrected chi connectivity index (χ2v) is 12.0. The van der Waals surface area contributed by atoms with Crippen molar-refractivity contribution in [1.29, 1.82) is 5.41 Å². The average molecular weight is 612 g/mol. The molecule has 0 aliphatic rings. The summed E-state index contributed by atoms with van der Waals surface area (Å²) in [6.07, 6.45) is 17.4. The first kappa shape index (κ1) is 37.1. The topological polar surface area (TPSA) is 48.2 Å². The largest absolute Gasteiger partial charge is 0.356 e. The number of nitrogens with zero attached hydrogens (tertiary/aromatic N) is 1. The summed E-state index contributed by atoms with van der Waals surface area (Å²) in [7, 11) is 0. The smallest absolute Gasteiger partial charge is 0.270 e. The fourth-order valence-corrected chi connectivity index (χ4v) is 4.90. The van der Waals surface area contributed by atoms with Gasteiger partial charge < -0.3 is 10.7 Å². The number of halogens is 2. The van der Waals surface area contributed by atoms with Crippen LogP contribution in [0, 0.1) is 24.2 Å². The minimum atomic E-state index is -2.94. The van der Waals surface area contributed by atoms with E-state index in [-0.39, 0.29) is 5.56 Å². The maximum Gasteiger partial charge on any atom is 0.270 e. The summed E-state index contributed by atoms with van der Waals surface area (Å²) < 4.78 is 29.4. The van der Waals surface area contributed by atoms with Crippen molar-refractivity contribution < 1.29 is 8.78 Å². The highest BCUT2D eigenvalue weighted by Crippen LogP contribution is 2.34. The Morgan fingerprint density at radius 1 is 0.956 bits per heavy atom. The van der Waals surface area contributed by atoms with E-state index in [9.17, 15) is 8.78 Å². The molecule has 0 heterocycles. The van der Waals surface area contributed by atoms with Gasteiger partial charge in [-0.3, -0.25) is 4.99 Å². The molecule has 2 rings (SSSR count). The zero-order valence-electron chi connectivity index (χ0n) is 28.0. The number of hydrogen-bond acceptors (Lipinski definition) is 3. The van der Waals surface area contributed by atoms with Crippen LogP contribution < -0.4 is 5.32 Å². The predicted octanol–water partition coefficient (Wildman–Crippen LogP) is 11.7. The van der Waals surface area contributed by atoms with Crippen molar-refractivity contribution in [3.05, 3.63) is 107 Å². The van der Waals surface area contributed by atoms with Gasteiger partial charge >= 0.3 is 0 Å². The molecule has 240 valence electrons. The van der Waals surface area contributed by atoms with Gasteiger partial charge in [-0.05, 0) is 100 Å². The summed E-state index contributed by atoms with van der Waals surface area (Å²) >= 11 is 0. The van der Waals surface area contributed by atoms with E-state index in [0.717, 1.165) is 60.6 Å². The van der Waals surface area contributed by atoms with E-state index >= 15 is 0 Å². The normalized spacial score (nSPS) is 12.2. The second-order valence-electron chi connectivity index (χ2n) is 12.0. The van der Waals surface area contributed by atoms with Crippen LogP contribution in [0.3, 0.4) is 0 Å². The highest BCUT2D eigenvalue weighted by Gasteiger charge is 2.27. The Balaban J connectivity index is 2.02. The molecule has 0 bridgehead atoms. The number of unbranched alkanes of at least 4 members (excludes halogenated alkanes) is 7. The van der Waals surface area contributed by atoms with Gasteiger partial charge in [-0.2, -0.15) is 0 Å². The number of aliphatic imine (C=N–C) groups is 1. The Hall–Kier alpha value is -4.04. The Bertz CT molecular complexity index is 1460. The molecule has 0 aromatic heterocycles. The lowest BCUT2D eigenvalue weighted by atomic mass is 9.96. The zero-order chi connectivity index (χ0) is 33.2. The number of alkyl halides is 2. The van der Waals surface area contributed by atoms with Crippen molar-refractivity contribution in [2.24, 2.45) is 4.99 Å². The zero-order valence-corrected chi connectivity index (χ0v) is 28.0. The molecular weight excluding hydrogens is 560 g/mol. The van der Waals surface area contributed by atoms with Gasteiger partial charge in [-0.25, -0.2) is 8.78 Å². The first-order valence-electron chi connectivity index (χ1n) is 16.0. The van der Waals surface area contributed by atoms with E-state index in [2.05, 4.69) is 42.2 Å². The number of allylic oxidation sites excluding steroid dienone is 4. The summed E-state index contributed by atoms with van der Waals surface area (Å²) in [6, 6.07) is 11.1. The molecule has 2 aromatic rings. The van der Waals surface area contributed by atoms with Crippen molar-refractivity contribution in [1.82, 2.24) is 0 Å². The monoisotopic (exact) mass is 611 g/mol. The first-order valence-corrected chi connectivity index (χ1v) is 16.0. The fraction of sp³-hybridized carbons (Fsp3) is 0.400. The molecule has 0 saturated heterocycles. The number of anilines is 1. The summed E-state index contributed by atoms with van der Waals surface area (Å²) in [6.45, 7) is 16.9. The molecule has 0 amide bonds. The SMILES string of the molecule is C=C(C)CCCCCCCCCCc1ccc(NC(=C)c2ccc(C)c(C#C/C(C)=C/N=C(C)/C=C\C=N)c2)cc1C(C)(F)F. The van der Waals surface area contributed by atoms with Crippen LogP contribution >= 0.6 is 0 Å². The third-order valence-electron chi connectivity index (χ3n) is 7.55. The van der Waals surface area contributed by atoms with E-state index < -0.39 is 5.92 Å². The van der Waals surface area contributed by atoms with Crippen LogP contribution in [-0.4, -0.2) is 11.9 Å². The van der Waals surface area contributed by atoms with Gasteiger partial charge in [0.15, 0.2) is 0 Å². The minimum Gasteiger partial charge on any atom is -0.356 e. The van der Waals surface area contributed by atoms with E-state index in [4.69, 9.17) is 5.41 Å². The van der Waals surface area contributed by atoms with Gasteiger partial charge in [-0.15, -0.1) is 6.58 Å². The maximum absolute atomic E-state index is 14.7. The van der Waals surface area contributed by atoms with Gasteiger partial charge in [0.05, 0.1) is 0 Å². The van der Waals surface area contributed by atoms with Gasteiger partial charge in [0.1, 0.15) is 0 Å². The Morgan fingerprint density at radius 2 is 1.62 bits per heavy atom. The number of rotatable bonds is 18. The van der Waals surface area contributed by atoms with Crippen molar-refractivity contribution in [3.8, 4) is 11.8 Å². The highest BCUT2D eigenvalue weighted by molar-refractivity contribution is 5.96. The summed E-state index contributed by atoms with van der Waals surface area (Å²) in [5, 5.41) is 10.3. The Kier molecular flexibility index (Phi) is 16.0. The molecule has 0 aliphatic heterocycles. The van der Waals surface area contributed by atoms with E-state index in [1.165, 1.54) is 43.9 Å². The predicted molar refractivity (Wildman–Crippen MR) is 192 cm³/mol. The minimum absolute atomic E-state index is 0.0711. The van der Waals surface area contributed by atoms with Crippen molar-refractivity contribution in [2.75, 3.05) is 5.32 Å². The van der Waals surface area contributed by atoms with Crippen molar-refractivity contribution in [3.63, 3.8) is 0 Å². The lowest BCUT2D eigenvalue weighted by Crippen LogP contribution is -2.12. The molecule has 0 aliphatic carbocycles. The lowest BCUT2D eigenvalue weighted by Gasteiger charge is -2.19. The van der Waals surface area contributed by atoms with Gasteiger partial charge in [0, 0.05) is 53.1 Å². The second kappa shape index (κ2) is 19.4. The third kappa shape index (κ3) is 14.5. The summed E-state index contributed by atoms with van der Waals surface area (Å²) in [5.41, 5.74) is 7.54. The van der Waals surface area contributed by atoms with Crippen LogP contribution in [0.4, 0.5) is 14.5 Å². The van der Waals surface area contributed by atoms with E-state index in [0.29, 0.717) is 23.4 Å². The van der Waals surface area contributed by atoms with Gasteiger partial charge in [0.2, 0.25) is 0 Å². The van der Waals surface area contributed by atoms with Gasteiger partial charge in [-0.1, -0.05) is 80.7 Å². The first-order chi connectivity index (χ1) is 21.4. The molecule has 0 unspecified atom stereocenters. The molecule has 0 radical (unpaired) electrons. The lowest BCUT2D eigenvalue weighted by molar-refractivity contribution is 0.0166. The fourth-order valence-electron chi connectivity index (χ4n) is 4.90. The van der Waals surface area contributed by atoms with E-state index in [1.807, 2.05) is 51.1 Å². The van der Waals surface area contributed by atoms with Crippen LogP contribution in [-0.2, 0) is 12.3 Å². The van der Waals surface area contributed by atoms with Crippen LogP contribution in [0.15, 0.2) is 84.0 Å².